The first-order valence-electron chi connectivity index (χ1n) is 8.70. The Labute approximate surface area is 173 Å². The third-order valence-electron chi connectivity index (χ3n) is 4.13. The molecule has 0 aliphatic heterocycles. The molecule has 29 heavy (non-hydrogen) atoms. The zero-order valence-electron chi connectivity index (χ0n) is 15.9. The van der Waals surface area contributed by atoms with Crippen LogP contribution in [-0.4, -0.2) is 26.0 Å². The van der Waals surface area contributed by atoms with Gasteiger partial charge >= 0.3 is 0 Å². The van der Waals surface area contributed by atoms with Gasteiger partial charge in [0.25, 0.3) is 11.8 Å². The number of amides is 2. The van der Waals surface area contributed by atoms with Gasteiger partial charge in [0.2, 0.25) is 0 Å². The van der Waals surface area contributed by atoms with Gasteiger partial charge in [-0.25, -0.2) is 0 Å². The fourth-order valence-electron chi connectivity index (χ4n) is 2.62. The van der Waals surface area contributed by atoms with Crippen molar-refractivity contribution in [2.24, 2.45) is 0 Å². The minimum atomic E-state index is -0.310. The summed E-state index contributed by atoms with van der Waals surface area (Å²) in [6.07, 6.45) is 0. The van der Waals surface area contributed by atoms with Crippen LogP contribution >= 0.6 is 11.6 Å². The summed E-state index contributed by atoms with van der Waals surface area (Å²) in [5.41, 5.74) is 1.94. The molecule has 0 saturated heterocycles. The summed E-state index contributed by atoms with van der Waals surface area (Å²) in [4.78, 5) is 24.8. The molecular weight excluding hydrogens is 392 g/mol. The monoisotopic (exact) mass is 410 g/mol. The van der Waals surface area contributed by atoms with Gasteiger partial charge in [-0.3, -0.25) is 9.59 Å². The molecule has 0 radical (unpaired) electrons. The Balaban J connectivity index is 1.68. The first-order chi connectivity index (χ1) is 14.0. The molecule has 0 aliphatic rings. The second-order valence-electron chi connectivity index (χ2n) is 6.07. The van der Waals surface area contributed by atoms with Crippen LogP contribution in [0.5, 0.6) is 11.5 Å². The number of rotatable bonds is 6. The van der Waals surface area contributed by atoms with E-state index in [9.17, 15) is 9.59 Å². The predicted molar refractivity (Wildman–Crippen MR) is 113 cm³/mol. The highest BCUT2D eigenvalue weighted by Gasteiger charge is 2.12. The lowest BCUT2D eigenvalue weighted by molar-refractivity contribution is 0.101. The number of carbonyl (C=O) groups excluding carboxylic acids is 2. The number of nitrogens with one attached hydrogen (secondary N) is 2. The highest BCUT2D eigenvalue weighted by atomic mass is 35.5. The van der Waals surface area contributed by atoms with Crippen molar-refractivity contribution < 1.29 is 19.1 Å². The molecule has 3 rings (SSSR count). The maximum atomic E-state index is 12.5. The Morgan fingerprint density at radius 3 is 1.79 bits per heavy atom. The van der Waals surface area contributed by atoms with Crippen LogP contribution in [0.4, 0.5) is 11.4 Å². The highest BCUT2D eigenvalue weighted by Crippen LogP contribution is 2.24. The summed E-state index contributed by atoms with van der Waals surface area (Å²) < 4.78 is 10.4. The van der Waals surface area contributed by atoms with Crippen molar-refractivity contribution in [1.82, 2.24) is 0 Å². The van der Waals surface area contributed by atoms with Gasteiger partial charge < -0.3 is 20.1 Å². The molecule has 148 valence electrons. The fraction of sp³-hybridized carbons (Fsp3) is 0.0909. The van der Waals surface area contributed by atoms with Gasteiger partial charge in [-0.2, -0.15) is 0 Å². The molecule has 3 aromatic rings. The Hall–Kier alpha value is -3.51. The van der Waals surface area contributed by atoms with Crippen LogP contribution in [0.1, 0.15) is 20.7 Å². The van der Waals surface area contributed by atoms with E-state index < -0.39 is 0 Å². The SMILES string of the molecule is COc1cc(OC)cc(C(=O)Nc2ccc(NC(=O)c3ccccc3Cl)cc2)c1. The van der Waals surface area contributed by atoms with Crippen molar-refractivity contribution in [3.05, 3.63) is 82.9 Å². The number of hydrogen-bond donors (Lipinski definition) is 2. The van der Waals surface area contributed by atoms with Crippen LogP contribution in [0.2, 0.25) is 5.02 Å². The van der Waals surface area contributed by atoms with Gasteiger partial charge in [-0.15, -0.1) is 0 Å². The Morgan fingerprint density at radius 1 is 0.759 bits per heavy atom. The molecule has 7 heteroatoms. The van der Waals surface area contributed by atoms with E-state index in [1.807, 2.05) is 0 Å². The Morgan fingerprint density at radius 2 is 1.28 bits per heavy atom. The van der Waals surface area contributed by atoms with Crippen LogP contribution in [0, 0.1) is 0 Å². The zero-order chi connectivity index (χ0) is 20.8. The molecule has 0 fully saturated rings. The minimum absolute atomic E-state index is 0.309. The molecule has 2 amide bonds. The smallest absolute Gasteiger partial charge is 0.257 e. The quantitative estimate of drug-likeness (QED) is 0.608. The molecule has 0 saturated carbocycles. The summed E-state index contributed by atoms with van der Waals surface area (Å²) in [7, 11) is 3.04. The van der Waals surface area contributed by atoms with Gasteiger partial charge in [-0.05, 0) is 48.5 Å². The normalized spacial score (nSPS) is 10.2. The molecular formula is C22H19ClN2O4. The molecule has 3 aromatic carbocycles. The van der Waals surface area contributed by atoms with Crippen LogP contribution in [0.25, 0.3) is 0 Å². The molecule has 0 unspecified atom stereocenters. The molecule has 0 aliphatic carbocycles. The maximum Gasteiger partial charge on any atom is 0.257 e. The van der Waals surface area contributed by atoms with Gasteiger partial charge in [0.05, 0.1) is 24.8 Å². The average Bonchev–Trinajstić information content (AvgIpc) is 2.74. The van der Waals surface area contributed by atoms with Gasteiger partial charge in [-0.1, -0.05) is 23.7 Å². The van der Waals surface area contributed by atoms with Gasteiger partial charge in [0.1, 0.15) is 11.5 Å². The summed E-state index contributed by atoms with van der Waals surface area (Å²) >= 11 is 6.04. The molecule has 0 spiro atoms. The predicted octanol–water partition coefficient (Wildman–Crippen LogP) is 4.86. The van der Waals surface area contributed by atoms with E-state index in [-0.39, 0.29) is 11.8 Å². The second kappa shape index (κ2) is 9.12. The van der Waals surface area contributed by atoms with E-state index in [1.165, 1.54) is 14.2 Å². The lowest BCUT2D eigenvalue weighted by Crippen LogP contribution is -2.13. The molecule has 6 nitrogen and oxygen atoms in total. The summed E-state index contributed by atoms with van der Waals surface area (Å²) in [5.74, 6) is 0.421. The van der Waals surface area contributed by atoms with Crippen molar-refractivity contribution in [3.8, 4) is 11.5 Å². The molecule has 0 atom stereocenters. The standard InChI is InChI=1S/C22H19ClN2O4/c1-28-17-11-14(12-18(13-17)29-2)21(26)24-15-7-9-16(10-8-15)25-22(27)19-5-3-4-6-20(19)23/h3-13H,1-2H3,(H,24,26)(H,25,27). The van der Waals surface area contributed by atoms with Crippen molar-refractivity contribution in [2.45, 2.75) is 0 Å². The van der Waals surface area contributed by atoms with Crippen LogP contribution in [0.15, 0.2) is 66.7 Å². The number of anilines is 2. The van der Waals surface area contributed by atoms with E-state index in [0.717, 1.165) is 0 Å². The number of halogens is 1. The maximum absolute atomic E-state index is 12.5. The third-order valence-corrected chi connectivity index (χ3v) is 4.46. The van der Waals surface area contributed by atoms with Crippen LogP contribution in [-0.2, 0) is 0 Å². The van der Waals surface area contributed by atoms with E-state index in [1.54, 1.807) is 66.7 Å². The van der Waals surface area contributed by atoms with E-state index in [0.29, 0.717) is 39.0 Å². The van der Waals surface area contributed by atoms with Crippen LogP contribution in [0.3, 0.4) is 0 Å². The number of carbonyl (C=O) groups is 2. The zero-order valence-corrected chi connectivity index (χ0v) is 16.6. The molecule has 0 aromatic heterocycles. The van der Waals surface area contributed by atoms with Crippen molar-refractivity contribution in [3.63, 3.8) is 0 Å². The minimum Gasteiger partial charge on any atom is -0.497 e. The molecule has 2 N–H and O–H groups in total. The topological polar surface area (TPSA) is 76.7 Å². The Kier molecular flexibility index (Phi) is 6.36. The first-order valence-corrected chi connectivity index (χ1v) is 9.08. The Bertz CT molecular complexity index is 1010. The van der Waals surface area contributed by atoms with Gasteiger partial charge in [0.15, 0.2) is 0 Å². The number of hydrogen-bond acceptors (Lipinski definition) is 4. The summed E-state index contributed by atoms with van der Waals surface area (Å²) in [5, 5.41) is 5.95. The van der Waals surface area contributed by atoms with E-state index in [2.05, 4.69) is 10.6 Å². The highest BCUT2D eigenvalue weighted by molar-refractivity contribution is 6.34. The number of ether oxygens (including phenoxy) is 2. The third kappa shape index (κ3) is 5.06. The lowest BCUT2D eigenvalue weighted by atomic mass is 10.1. The average molecular weight is 411 g/mol. The van der Waals surface area contributed by atoms with E-state index >= 15 is 0 Å². The van der Waals surface area contributed by atoms with Crippen molar-refractivity contribution in [1.29, 1.82) is 0 Å². The molecule has 0 bridgehead atoms. The van der Waals surface area contributed by atoms with Gasteiger partial charge in [0, 0.05) is 23.0 Å². The van der Waals surface area contributed by atoms with Crippen molar-refractivity contribution in [2.75, 3.05) is 24.9 Å². The first kappa shape index (κ1) is 20.2. The number of benzene rings is 3. The molecule has 0 heterocycles. The van der Waals surface area contributed by atoms with Crippen molar-refractivity contribution >= 4 is 34.8 Å². The second-order valence-corrected chi connectivity index (χ2v) is 6.47. The largest absolute Gasteiger partial charge is 0.497 e. The summed E-state index contributed by atoms with van der Waals surface area (Å²) in [6.45, 7) is 0. The lowest BCUT2D eigenvalue weighted by Gasteiger charge is -2.10. The summed E-state index contributed by atoms with van der Waals surface area (Å²) in [6, 6.07) is 18.5. The van der Waals surface area contributed by atoms with E-state index in [4.69, 9.17) is 21.1 Å². The number of methoxy groups -OCH3 is 2. The fourth-order valence-corrected chi connectivity index (χ4v) is 2.84. The van der Waals surface area contributed by atoms with Crippen LogP contribution < -0.4 is 20.1 Å².